The zero-order chi connectivity index (χ0) is 14.8. The van der Waals surface area contributed by atoms with Crippen LogP contribution in [0.4, 0.5) is 5.82 Å². The molecule has 1 N–H and O–H groups in total. The van der Waals surface area contributed by atoms with E-state index in [1.54, 1.807) is 0 Å². The second kappa shape index (κ2) is 6.08. The molecule has 20 heavy (non-hydrogen) atoms. The first kappa shape index (κ1) is 15.2. The van der Waals surface area contributed by atoms with Crippen molar-refractivity contribution in [2.24, 2.45) is 5.41 Å². The fraction of sp³-hybridized carbons (Fsp3) is 0.750. The topological polar surface area (TPSA) is 41.1 Å². The lowest BCUT2D eigenvalue weighted by Crippen LogP contribution is -2.37. The first-order valence-electron chi connectivity index (χ1n) is 7.62. The highest BCUT2D eigenvalue weighted by Crippen LogP contribution is 2.36. The summed E-state index contributed by atoms with van der Waals surface area (Å²) in [5, 5.41) is 3.10. The molecular formula is C16H28N4. The standard InChI is InChI=1S/C16H28N4/c1-12-10-14(17-4)19-15(18-12)11-20(5)13-6-8-16(2,3)9-7-13/h10,13H,6-9,11H2,1-5H3,(H,17,18,19). The van der Waals surface area contributed by atoms with Crippen molar-refractivity contribution in [1.29, 1.82) is 0 Å². The number of rotatable bonds is 4. The van der Waals surface area contributed by atoms with E-state index in [-0.39, 0.29) is 0 Å². The predicted molar refractivity (Wildman–Crippen MR) is 83.8 cm³/mol. The molecular weight excluding hydrogens is 248 g/mol. The number of aromatic nitrogens is 2. The van der Waals surface area contributed by atoms with Crippen molar-refractivity contribution < 1.29 is 0 Å². The van der Waals surface area contributed by atoms with Gasteiger partial charge in [-0.05, 0) is 45.1 Å². The van der Waals surface area contributed by atoms with E-state index in [9.17, 15) is 0 Å². The minimum absolute atomic E-state index is 0.524. The zero-order valence-corrected chi connectivity index (χ0v) is 13.5. The Morgan fingerprint density at radius 2 is 1.95 bits per heavy atom. The number of hydrogen-bond acceptors (Lipinski definition) is 4. The predicted octanol–water partition coefficient (Wildman–Crippen LogP) is 3.23. The van der Waals surface area contributed by atoms with E-state index < -0.39 is 0 Å². The highest BCUT2D eigenvalue weighted by molar-refractivity contribution is 5.34. The smallest absolute Gasteiger partial charge is 0.144 e. The summed E-state index contributed by atoms with van der Waals surface area (Å²) in [5.74, 6) is 1.83. The van der Waals surface area contributed by atoms with Gasteiger partial charge in [0.1, 0.15) is 11.6 Å². The van der Waals surface area contributed by atoms with Crippen LogP contribution < -0.4 is 5.32 Å². The molecule has 0 unspecified atom stereocenters. The van der Waals surface area contributed by atoms with Gasteiger partial charge < -0.3 is 5.32 Å². The minimum Gasteiger partial charge on any atom is -0.373 e. The Hall–Kier alpha value is -1.16. The van der Waals surface area contributed by atoms with Crippen LogP contribution in [0.1, 0.15) is 51.0 Å². The summed E-state index contributed by atoms with van der Waals surface area (Å²) >= 11 is 0. The molecule has 1 fully saturated rings. The summed E-state index contributed by atoms with van der Waals surface area (Å²) in [6, 6.07) is 2.65. The molecule has 1 aliphatic carbocycles. The molecule has 0 atom stereocenters. The molecule has 0 radical (unpaired) electrons. The summed E-state index contributed by atoms with van der Waals surface area (Å²) in [7, 11) is 4.10. The van der Waals surface area contributed by atoms with Gasteiger partial charge in [-0.3, -0.25) is 4.90 Å². The minimum atomic E-state index is 0.524. The molecule has 0 saturated heterocycles. The average Bonchev–Trinajstić information content (AvgIpc) is 2.37. The Bertz CT molecular complexity index is 446. The number of aryl methyl sites for hydroxylation is 1. The molecule has 4 heteroatoms. The van der Waals surface area contributed by atoms with Crippen LogP contribution >= 0.6 is 0 Å². The second-order valence-corrected chi connectivity index (χ2v) is 6.87. The molecule has 0 aromatic carbocycles. The maximum atomic E-state index is 4.55. The number of anilines is 1. The first-order chi connectivity index (χ1) is 9.39. The van der Waals surface area contributed by atoms with Crippen LogP contribution in [0.15, 0.2) is 6.07 Å². The Labute approximate surface area is 123 Å². The van der Waals surface area contributed by atoms with E-state index in [4.69, 9.17) is 0 Å². The summed E-state index contributed by atoms with van der Waals surface area (Å²) < 4.78 is 0. The molecule has 1 aliphatic rings. The van der Waals surface area contributed by atoms with Crippen molar-refractivity contribution in [3.63, 3.8) is 0 Å². The van der Waals surface area contributed by atoms with Gasteiger partial charge in [0.05, 0.1) is 6.54 Å². The Balaban J connectivity index is 1.98. The van der Waals surface area contributed by atoms with E-state index in [2.05, 4.69) is 41.1 Å². The number of hydrogen-bond donors (Lipinski definition) is 1. The van der Waals surface area contributed by atoms with Crippen LogP contribution in [0, 0.1) is 12.3 Å². The van der Waals surface area contributed by atoms with Crippen LogP contribution in [0.3, 0.4) is 0 Å². The van der Waals surface area contributed by atoms with Crippen LogP contribution in [-0.4, -0.2) is 35.0 Å². The largest absolute Gasteiger partial charge is 0.373 e. The molecule has 112 valence electrons. The summed E-state index contributed by atoms with van der Waals surface area (Å²) in [4.78, 5) is 11.5. The SMILES string of the molecule is CNc1cc(C)nc(CN(C)C2CCC(C)(C)CC2)n1. The second-order valence-electron chi connectivity index (χ2n) is 6.87. The van der Waals surface area contributed by atoms with Crippen molar-refractivity contribution in [3.8, 4) is 0 Å². The van der Waals surface area contributed by atoms with E-state index in [1.165, 1.54) is 25.7 Å². The van der Waals surface area contributed by atoms with Gasteiger partial charge in [0.15, 0.2) is 0 Å². The lowest BCUT2D eigenvalue weighted by molar-refractivity contribution is 0.121. The average molecular weight is 276 g/mol. The third-order valence-corrected chi connectivity index (χ3v) is 4.48. The zero-order valence-electron chi connectivity index (χ0n) is 13.5. The van der Waals surface area contributed by atoms with Gasteiger partial charge in [-0.1, -0.05) is 13.8 Å². The number of nitrogens with one attached hydrogen (secondary N) is 1. The van der Waals surface area contributed by atoms with Gasteiger partial charge in [0.2, 0.25) is 0 Å². The fourth-order valence-corrected chi connectivity index (χ4v) is 3.01. The number of nitrogens with zero attached hydrogens (tertiary/aromatic N) is 3. The van der Waals surface area contributed by atoms with Crippen LogP contribution in [0.2, 0.25) is 0 Å². The van der Waals surface area contributed by atoms with E-state index in [0.29, 0.717) is 11.5 Å². The molecule has 2 rings (SSSR count). The first-order valence-corrected chi connectivity index (χ1v) is 7.62. The third kappa shape index (κ3) is 3.92. The maximum absolute atomic E-state index is 4.55. The normalized spacial score (nSPS) is 19.3. The molecule has 1 saturated carbocycles. The van der Waals surface area contributed by atoms with Crippen molar-refractivity contribution in [1.82, 2.24) is 14.9 Å². The Morgan fingerprint density at radius 3 is 2.55 bits per heavy atom. The highest BCUT2D eigenvalue weighted by Gasteiger charge is 2.28. The van der Waals surface area contributed by atoms with Crippen molar-refractivity contribution in [2.75, 3.05) is 19.4 Å². The lowest BCUT2D eigenvalue weighted by Gasteiger charge is -2.38. The van der Waals surface area contributed by atoms with Crippen molar-refractivity contribution in [2.45, 2.75) is 59.0 Å². The van der Waals surface area contributed by atoms with Crippen molar-refractivity contribution >= 4 is 5.82 Å². The van der Waals surface area contributed by atoms with Gasteiger partial charge in [0.25, 0.3) is 0 Å². The molecule has 1 heterocycles. The van der Waals surface area contributed by atoms with E-state index >= 15 is 0 Å². The molecule has 0 aliphatic heterocycles. The van der Waals surface area contributed by atoms with Gasteiger partial charge in [0, 0.05) is 24.8 Å². The summed E-state index contributed by atoms with van der Waals surface area (Å²) in [6.45, 7) is 7.62. The van der Waals surface area contributed by atoms with Gasteiger partial charge >= 0.3 is 0 Å². The molecule has 0 bridgehead atoms. The maximum Gasteiger partial charge on any atom is 0.144 e. The van der Waals surface area contributed by atoms with Gasteiger partial charge in [-0.25, -0.2) is 9.97 Å². The molecule has 1 aromatic rings. The molecule has 4 nitrogen and oxygen atoms in total. The van der Waals surface area contributed by atoms with Crippen LogP contribution in [-0.2, 0) is 6.54 Å². The third-order valence-electron chi connectivity index (χ3n) is 4.48. The highest BCUT2D eigenvalue weighted by atomic mass is 15.2. The van der Waals surface area contributed by atoms with Crippen LogP contribution in [0.5, 0.6) is 0 Å². The molecule has 0 amide bonds. The monoisotopic (exact) mass is 276 g/mol. The molecule has 0 spiro atoms. The Morgan fingerprint density at radius 1 is 1.30 bits per heavy atom. The molecule has 1 aromatic heterocycles. The quantitative estimate of drug-likeness (QED) is 0.916. The summed E-state index contributed by atoms with van der Waals surface area (Å²) in [6.07, 6.45) is 5.21. The summed E-state index contributed by atoms with van der Waals surface area (Å²) in [5.41, 5.74) is 1.55. The van der Waals surface area contributed by atoms with Crippen LogP contribution in [0.25, 0.3) is 0 Å². The van der Waals surface area contributed by atoms with E-state index in [1.807, 2.05) is 20.0 Å². The lowest BCUT2D eigenvalue weighted by atomic mass is 9.75. The van der Waals surface area contributed by atoms with E-state index in [0.717, 1.165) is 23.9 Å². The fourth-order valence-electron chi connectivity index (χ4n) is 3.01. The Kier molecular flexibility index (Phi) is 4.63. The van der Waals surface area contributed by atoms with Gasteiger partial charge in [-0.15, -0.1) is 0 Å². The van der Waals surface area contributed by atoms with Crippen molar-refractivity contribution in [3.05, 3.63) is 17.6 Å². The van der Waals surface area contributed by atoms with Gasteiger partial charge in [-0.2, -0.15) is 0 Å².